The van der Waals surface area contributed by atoms with Gasteiger partial charge in [-0.05, 0) is 103 Å². The van der Waals surface area contributed by atoms with Gasteiger partial charge in [-0.25, -0.2) is 0 Å². The fourth-order valence-corrected chi connectivity index (χ4v) is 7.08. The molecule has 0 aromatic heterocycles. The van der Waals surface area contributed by atoms with Crippen molar-refractivity contribution in [3.63, 3.8) is 0 Å². The molecule has 1 radical (unpaired) electrons. The Morgan fingerprint density at radius 1 is 0.735 bits per heavy atom. The van der Waals surface area contributed by atoms with E-state index in [9.17, 15) is 0 Å². The summed E-state index contributed by atoms with van der Waals surface area (Å²) in [5.41, 5.74) is -0.636. The second-order valence-electron chi connectivity index (χ2n) is 15.4. The third kappa shape index (κ3) is 24.3. The molecule has 4 aliphatic rings. The van der Waals surface area contributed by atoms with Gasteiger partial charge in [0, 0.05) is 62.5 Å². The Balaban J connectivity index is -0.000000165. The molecule has 2 saturated heterocycles. The van der Waals surface area contributed by atoms with E-state index >= 15 is 0 Å². The molecule has 49 heavy (non-hydrogen) atoms. The predicted octanol–water partition coefficient (Wildman–Crippen LogP) is -5.19. The van der Waals surface area contributed by atoms with Crippen molar-refractivity contribution >= 4 is 127 Å². The van der Waals surface area contributed by atoms with E-state index in [0.717, 1.165) is 15.0 Å². The van der Waals surface area contributed by atoms with Crippen LogP contribution in [0, 0.1) is 0 Å². The quantitative estimate of drug-likeness (QED) is 0.0429. The minimum Gasteiger partial charge on any atom is -0.763 e. The molecule has 11 nitrogen and oxygen atoms in total. The van der Waals surface area contributed by atoms with Crippen LogP contribution in [-0.4, -0.2) is 129 Å². The molecule has 4 rings (SSSR count). The Morgan fingerprint density at radius 3 is 1.24 bits per heavy atom. The van der Waals surface area contributed by atoms with Gasteiger partial charge in [-0.1, -0.05) is 41.8 Å². The van der Waals surface area contributed by atoms with Crippen molar-refractivity contribution in [2.45, 2.75) is 156 Å². The maximum absolute atomic E-state index is 8.64. The van der Waals surface area contributed by atoms with Crippen LogP contribution in [0.15, 0.2) is 9.98 Å². The molecule has 0 aromatic carbocycles. The molecule has 0 bridgehead atoms. The summed E-state index contributed by atoms with van der Waals surface area (Å²) in [5, 5.41) is 31.3. The normalized spacial score (nSPS) is 23.7. The van der Waals surface area contributed by atoms with E-state index < -0.39 is 0 Å². The minimum atomic E-state index is -0.181. The van der Waals surface area contributed by atoms with Gasteiger partial charge in [0.05, 0.1) is 26.8 Å². The van der Waals surface area contributed by atoms with Crippen LogP contribution >= 0.6 is 36.2 Å². The van der Waals surface area contributed by atoms with Gasteiger partial charge in [0.15, 0.2) is 0 Å². The van der Waals surface area contributed by atoms with Crippen LogP contribution < -0.4 is 186 Å². The number of hydrogen-bond acceptors (Lipinski definition) is 13. The standard InChI is InChI=1S/C8H16N2S.3C7H14N2S.CH2O3.4K/c1-7(2)6(11-5)9-8(3,4)10-7;3*1-6(2)5(10)8-7(3,4)9-6;2-1-4-3;;;;/h10H,1-5H3;3*9H,1-4H3,(H,8,10);1,3H;;;;/q;;;;;;3*+1/p-3. The Bertz CT molecular complexity index is 1110. The van der Waals surface area contributed by atoms with E-state index in [2.05, 4.69) is 108 Å². The van der Waals surface area contributed by atoms with Crippen LogP contribution in [0.2, 0.25) is 0 Å². The van der Waals surface area contributed by atoms with Gasteiger partial charge < -0.3 is 38.7 Å². The number of rotatable bonds is 1. The summed E-state index contributed by atoms with van der Waals surface area (Å²) in [6.07, 6.45) is 2.07. The van der Waals surface area contributed by atoms with Crippen molar-refractivity contribution in [3.05, 3.63) is 5.32 Å². The van der Waals surface area contributed by atoms with E-state index in [4.69, 9.17) is 47.1 Å². The number of hydrogen-bond donors (Lipinski definition) is 5. The fraction of sp³-hybridized carbons (Fsp3) is 0.833. The van der Waals surface area contributed by atoms with Crippen LogP contribution in [-0.2, 0) is 22.3 Å². The van der Waals surface area contributed by atoms with E-state index in [-0.39, 0.29) is 257 Å². The molecule has 0 spiro atoms. The molecule has 4 heterocycles. The van der Waals surface area contributed by atoms with Crippen molar-refractivity contribution < 1.29 is 169 Å². The molecule has 0 aliphatic carbocycles. The van der Waals surface area contributed by atoms with Gasteiger partial charge in [-0.3, -0.25) is 30.7 Å². The molecule has 2 fully saturated rings. The first-order valence-electron chi connectivity index (χ1n) is 14.7. The Kier molecular flexibility index (Phi) is 32.7. The maximum Gasteiger partial charge on any atom is 1.00 e. The molecule has 263 valence electrons. The topological polar surface area (TPSA) is 148 Å². The zero-order chi connectivity index (χ0) is 36.1. The summed E-state index contributed by atoms with van der Waals surface area (Å²) in [4.78, 5) is 21.8. The molecular formula is C30H57K4N8O3S4. The average molecular weight is 862 g/mol. The fourth-order valence-electron chi connectivity index (χ4n) is 5.33. The molecule has 0 aromatic rings. The van der Waals surface area contributed by atoms with Crippen molar-refractivity contribution in [3.8, 4) is 0 Å². The average Bonchev–Trinajstić information content (AvgIpc) is 3.31. The van der Waals surface area contributed by atoms with Gasteiger partial charge in [0.1, 0.15) is 11.3 Å². The number of aliphatic imine (C=N–C) groups is 2. The smallest absolute Gasteiger partial charge is 0.763 e. The van der Waals surface area contributed by atoms with Crippen LogP contribution in [0.3, 0.4) is 0 Å². The van der Waals surface area contributed by atoms with Crippen molar-refractivity contribution in [1.82, 2.24) is 26.6 Å². The molecule has 5 N–H and O–H groups in total. The van der Waals surface area contributed by atoms with Crippen LogP contribution in [0.25, 0.3) is 5.32 Å². The molecule has 0 amide bonds. The number of carbonyl (C=O) groups is 1. The number of thiocarbonyl (C=S) groups is 2. The van der Waals surface area contributed by atoms with Gasteiger partial charge in [-0.2, -0.15) is 0 Å². The third-order valence-corrected chi connectivity index (χ3v) is 9.26. The largest absolute Gasteiger partial charge is 1.00 e. The van der Waals surface area contributed by atoms with Crippen LogP contribution in [0.4, 0.5) is 0 Å². The van der Waals surface area contributed by atoms with E-state index in [1.807, 2.05) is 55.4 Å². The van der Waals surface area contributed by atoms with Crippen molar-refractivity contribution in [2.75, 3.05) is 6.26 Å². The Morgan fingerprint density at radius 2 is 1.14 bits per heavy atom. The summed E-state index contributed by atoms with van der Waals surface area (Å²) in [5.74, 6) is 0. The second kappa shape index (κ2) is 25.2. The number of nitrogens with one attached hydrogen (secondary N) is 5. The zero-order valence-electron chi connectivity index (χ0n) is 34.3. The van der Waals surface area contributed by atoms with Gasteiger partial charge in [0.25, 0.3) is 6.47 Å². The minimum absolute atomic E-state index is 0. The van der Waals surface area contributed by atoms with E-state index in [1.165, 1.54) is 5.04 Å². The third-order valence-electron chi connectivity index (χ3n) is 6.45. The molecule has 4 aliphatic heterocycles. The molecular weight excluding hydrogens is 805 g/mol. The Labute approximate surface area is 488 Å². The molecule has 0 saturated carbocycles. The summed E-state index contributed by atoms with van der Waals surface area (Å²) in [7, 11) is 0. The number of carbonyl (C=O) groups excluding carboxylic acids is 1. The van der Waals surface area contributed by atoms with Crippen molar-refractivity contribution in [2.24, 2.45) is 9.98 Å². The monoisotopic (exact) mass is 861 g/mol. The number of nitrogens with zero attached hydrogens (tertiary/aromatic N) is 3. The summed E-state index contributed by atoms with van der Waals surface area (Å²) in [6, 6.07) is 0. The maximum atomic E-state index is 8.64. The first kappa shape index (κ1) is 63.7. The second-order valence-corrected chi connectivity index (χ2v) is 17.4. The van der Waals surface area contributed by atoms with Gasteiger partial charge in [0.2, 0.25) is 0 Å². The summed E-state index contributed by atoms with van der Waals surface area (Å²) >= 11 is 17.0. The first-order chi connectivity index (χ1) is 19.8. The van der Waals surface area contributed by atoms with E-state index in [1.54, 1.807) is 11.8 Å². The van der Waals surface area contributed by atoms with Crippen LogP contribution in [0.5, 0.6) is 0 Å². The van der Waals surface area contributed by atoms with Gasteiger partial charge >= 0.3 is 154 Å². The summed E-state index contributed by atoms with van der Waals surface area (Å²) < 4.78 is 0. The van der Waals surface area contributed by atoms with Gasteiger partial charge in [-0.15, -0.1) is 24.0 Å². The SMILES string of the molecule is CC1(C)N=C([S-])C(C)(C)N1.CC1(C)NC(=S)C(C)(C)N1.CC1(C)[N-]C(=S)C(C)(C)N1.CSC1=NC(C)(C)NC1(C)C.O=CO[O-].[K+].[K+].[K+].[K]. The van der Waals surface area contributed by atoms with E-state index in [0.29, 0.717) is 0 Å². The molecule has 0 atom stereocenters. The molecule has 0 unspecified atom stereocenters. The van der Waals surface area contributed by atoms with Crippen molar-refractivity contribution in [1.29, 1.82) is 0 Å². The number of thioether (sulfide) groups is 1. The summed E-state index contributed by atoms with van der Waals surface area (Å²) in [6.45, 7) is 32.9. The zero-order valence-corrected chi connectivity index (χ0v) is 50.0. The predicted molar refractivity (Wildman–Crippen MR) is 206 cm³/mol. The molecule has 19 heteroatoms. The first-order valence-corrected chi connectivity index (χ1v) is 17.2. The Hall–Kier alpha value is 5.51. The van der Waals surface area contributed by atoms with Crippen LogP contribution in [0.1, 0.15) is 111 Å².